The fraction of sp³-hybridized carbons (Fsp3) is 0.357. The highest BCUT2D eigenvalue weighted by Gasteiger charge is 2.18. The molecule has 1 aromatic carbocycles. The zero-order chi connectivity index (χ0) is 13.8. The number of hydrogen-bond donors (Lipinski definition) is 1. The minimum absolute atomic E-state index is 0.0930. The van der Waals surface area contributed by atoms with Gasteiger partial charge in [0.1, 0.15) is 0 Å². The number of hydrogen-bond acceptors (Lipinski definition) is 2. The van der Waals surface area contributed by atoms with Crippen LogP contribution in [0, 0.1) is 0 Å². The van der Waals surface area contributed by atoms with Gasteiger partial charge in [-0.1, -0.05) is 36.2 Å². The maximum atomic E-state index is 6.29. The van der Waals surface area contributed by atoms with Crippen molar-refractivity contribution in [3.63, 3.8) is 0 Å². The van der Waals surface area contributed by atoms with Gasteiger partial charge in [-0.2, -0.15) is 5.10 Å². The van der Waals surface area contributed by atoms with Crippen LogP contribution in [0.2, 0.25) is 10.0 Å². The summed E-state index contributed by atoms with van der Waals surface area (Å²) in [5, 5.41) is 9.02. The summed E-state index contributed by atoms with van der Waals surface area (Å²) in [6.07, 6.45) is 4.69. The molecule has 2 rings (SSSR count). The monoisotopic (exact) mass is 297 g/mol. The van der Waals surface area contributed by atoms with Crippen LogP contribution >= 0.6 is 23.2 Å². The van der Waals surface area contributed by atoms with Crippen LogP contribution < -0.4 is 5.32 Å². The standard InChI is InChI=1S/C14H17Cl2N3/c1-3-17-13(7-10-8-18-19(2)9-10)14-11(15)5-4-6-12(14)16/h4-6,8-9,13,17H,3,7H2,1-2H3. The number of rotatable bonds is 5. The summed E-state index contributed by atoms with van der Waals surface area (Å²) < 4.78 is 1.80. The van der Waals surface area contributed by atoms with E-state index in [1.165, 1.54) is 0 Å². The first-order valence-corrected chi connectivity index (χ1v) is 7.02. The van der Waals surface area contributed by atoms with Gasteiger partial charge in [0, 0.05) is 34.9 Å². The number of halogens is 2. The van der Waals surface area contributed by atoms with E-state index in [-0.39, 0.29) is 6.04 Å². The van der Waals surface area contributed by atoms with Crippen molar-refractivity contribution in [3.8, 4) is 0 Å². The third-order valence-electron chi connectivity index (χ3n) is 3.00. The summed E-state index contributed by atoms with van der Waals surface area (Å²) in [6, 6.07) is 5.70. The minimum atomic E-state index is 0.0930. The molecule has 1 N–H and O–H groups in total. The Bertz CT molecular complexity index is 531. The zero-order valence-electron chi connectivity index (χ0n) is 11.0. The fourth-order valence-corrected chi connectivity index (χ4v) is 2.84. The third kappa shape index (κ3) is 3.50. The predicted molar refractivity (Wildman–Crippen MR) is 79.8 cm³/mol. The highest BCUT2D eigenvalue weighted by molar-refractivity contribution is 6.36. The molecule has 0 saturated heterocycles. The van der Waals surface area contributed by atoms with Gasteiger partial charge in [0.15, 0.2) is 0 Å². The lowest BCUT2D eigenvalue weighted by molar-refractivity contribution is 0.550. The van der Waals surface area contributed by atoms with Crippen molar-refractivity contribution >= 4 is 23.2 Å². The Kier molecular flexibility index (Phi) is 4.86. The van der Waals surface area contributed by atoms with Crippen LogP contribution in [0.3, 0.4) is 0 Å². The Balaban J connectivity index is 2.29. The van der Waals surface area contributed by atoms with E-state index < -0.39 is 0 Å². The molecular formula is C14H17Cl2N3. The molecule has 0 spiro atoms. The first-order valence-electron chi connectivity index (χ1n) is 6.26. The Morgan fingerprint density at radius 3 is 2.53 bits per heavy atom. The molecule has 0 radical (unpaired) electrons. The van der Waals surface area contributed by atoms with E-state index in [9.17, 15) is 0 Å². The van der Waals surface area contributed by atoms with Crippen molar-refractivity contribution in [1.29, 1.82) is 0 Å². The average molecular weight is 298 g/mol. The number of benzene rings is 1. The lowest BCUT2D eigenvalue weighted by atomic mass is 10.0. The number of likely N-dealkylation sites (N-methyl/N-ethyl adjacent to an activating group) is 1. The highest BCUT2D eigenvalue weighted by Crippen LogP contribution is 2.32. The van der Waals surface area contributed by atoms with Gasteiger partial charge in [-0.3, -0.25) is 4.68 Å². The summed E-state index contributed by atoms with van der Waals surface area (Å²) >= 11 is 12.6. The van der Waals surface area contributed by atoms with E-state index in [2.05, 4.69) is 17.3 Å². The van der Waals surface area contributed by atoms with E-state index >= 15 is 0 Å². The molecule has 1 heterocycles. The second-order valence-corrected chi connectivity index (χ2v) is 5.29. The molecule has 0 aliphatic rings. The largest absolute Gasteiger partial charge is 0.310 e. The molecule has 0 aliphatic heterocycles. The predicted octanol–water partition coefficient (Wildman–Crippen LogP) is 3.62. The van der Waals surface area contributed by atoms with E-state index in [4.69, 9.17) is 23.2 Å². The van der Waals surface area contributed by atoms with Crippen molar-refractivity contribution in [3.05, 3.63) is 51.8 Å². The quantitative estimate of drug-likeness (QED) is 0.913. The van der Waals surface area contributed by atoms with Gasteiger partial charge in [-0.15, -0.1) is 0 Å². The van der Waals surface area contributed by atoms with Gasteiger partial charge in [-0.25, -0.2) is 0 Å². The summed E-state index contributed by atoms with van der Waals surface area (Å²) in [5.41, 5.74) is 2.11. The maximum Gasteiger partial charge on any atom is 0.0522 e. The molecule has 0 saturated carbocycles. The Hall–Kier alpha value is -1.03. The Labute approximate surface area is 123 Å². The molecule has 1 atom stereocenters. The summed E-state index contributed by atoms with van der Waals surface area (Å²) in [6.45, 7) is 2.92. The van der Waals surface area contributed by atoms with Crippen LogP contribution in [0.15, 0.2) is 30.6 Å². The van der Waals surface area contributed by atoms with Crippen LogP contribution in [0.1, 0.15) is 24.1 Å². The smallest absolute Gasteiger partial charge is 0.0522 e. The highest BCUT2D eigenvalue weighted by atomic mass is 35.5. The van der Waals surface area contributed by atoms with Crippen LogP contribution in [-0.4, -0.2) is 16.3 Å². The molecule has 2 aromatic rings. The third-order valence-corrected chi connectivity index (χ3v) is 3.66. The van der Waals surface area contributed by atoms with Crippen LogP contribution in [-0.2, 0) is 13.5 Å². The molecule has 1 aromatic heterocycles. The first kappa shape index (κ1) is 14.4. The first-order chi connectivity index (χ1) is 9.11. The van der Waals surface area contributed by atoms with Crippen LogP contribution in [0.4, 0.5) is 0 Å². The molecule has 5 heteroatoms. The Morgan fingerprint density at radius 1 is 1.32 bits per heavy atom. The second-order valence-electron chi connectivity index (χ2n) is 4.47. The average Bonchev–Trinajstić information content (AvgIpc) is 2.75. The lowest BCUT2D eigenvalue weighted by Crippen LogP contribution is -2.23. The summed E-state index contributed by atoms with van der Waals surface area (Å²) in [7, 11) is 1.91. The molecule has 3 nitrogen and oxygen atoms in total. The molecule has 0 fully saturated rings. The minimum Gasteiger partial charge on any atom is -0.310 e. The maximum absolute atomic E-state index is 6.29. The van der Waals surface area contributed by atoms with Gasteiger partial charge < -0.3 is 5.32 Å². The molecule has 19 heavy (non-hydrogen) atoms. The van der Waals surface area contributed by atoms with Crippen molar-refractivity contribution in [2.45, 2.75) is 19.4 Å². The molecular weight excluding hydrogens is 281 g/mol. The van der Waals surface area contributed by atoms with Crippen molar-refractivity contribution < 1.29 is 0 Å². The van der Waals surface area contributed by atoms with Gasteiger partial charge >= 0.3 is 0 Å². The van der Waals surface area contributed by atoms with E-state index in [1.807, 2.05) is 37.6 Å². The van der Waals surface area contributed by atoms with E-state index in [0.29, 0.717) is 10.0 Å². The fourth-order valence-electron chi connectivity index (χ4n) is 2.18. The topological polar surface area (TPSA) is 29.9 Å². The molecule has 1 unspecified atom stereocenters. The molecule has 102 valence electrons. The second kappa shape index (κ2) is 6.42. The van der Waals surface area contributed by atoms with E-state index in [0.717, 1.165) is 24.1 Å². The van der Waals surface area contributed by atoms with Gasteiger partial charge in [-0.05, 0) is 30.7 Å². The van der Waals surface area contributed by atoms with Crippen molar-refractivity contribution in [2.75, 3.05) is 6.54 Å². The van der Waals surface area contributed by atoms with Crippen LogP contribution in [0.5, 0.6) is 0 Å². The van der Waals surface area contributed by atoms with Gasteiger partial charge in [0.2, 0.25) is 0 Å². The van der Waals surface area contributed by atoms with Gasteiger partial charge in [0.05, 0.1) is 6.20 Å². The van der Waals surface area contributed by atoms with E-state index in [1.54, 1.807) is 4.68 Å². The number of nitrogens with zero attached hydrogens (tertiary/aromatic N) is 2. The normalized spacial score (nSPS) is 12.6. The molecule has 0 aliphatic carbocycles. The number of aryl methyl sites for hydroxylation is 1. The summed E-state index contributed by atoms with van der Waals surface area (Å²) in [4.78, 5) is 0. The van der Waals surface area contributed by atoms with Crippen molar-refractivity contribution in [2.24, 2.45) is 7.05 Å². The summed E-state index contributed by atoms with van der Waals surface area (Å²) in [5.74, 6) is 0. The van der Waals surface area contributed by atoms with Crippen molar-refractivity contribution in [1.82, 2.24) is 15.1 Å². The molecule has 0 amide bonds. The number of nitrogens with one attached hydrogen (secondary N) is 1. The number of aromatic nitrogens is 2. The lowest BCUT2D eigenvalue weighted by Gasteiger charge is -2.20. The van der Waals surface area contributed by atoms with Crippen LogP contribution in [0.25, 0.3) is 0 Å². The SMILES string of the molecule is CCNC(Cc1cnn(C)c1)c1c(Cl)cccc1Cl. The molecule has 0 bridgehead atoms. The zero-order valence-corrected chi connectivity index (χ0v) is 12.5. The van der Waals surface area contributed by atoms with Gasteiger partial charge in [0.25, 0.3) is 0 Å². The Morgan fingerprint density at radius 2 is 2.00 bits per heavy atom.